The Balaban J connectivity index is 3.30. The van der Waals surface area contributed by atoms with Crippen molar-refractivity contribution >= 4 is 19.7 Å². The van der Waals surface area contributed by atoms with Crippen LogP contribution < -0.4 is 5.73 Å². The van der Waals surface area contributed by atoms with Gasteiger partial charge < -0.3 is 5.73 Å². The van der Waals surface area contributed by atoms with Crippen molar-refractivity contribution in [3.8, 4) is 0 Å². The van der Waals surface area contributed by atoms with Gasteiger partial charge in [0.05, 0.1) is 0 Å². The van der Waals surface area contributed by atoms with E-state index in [1.807, 2.05) is 0 Å². The van der Waals surface area contributed by atoms with Crippen molar-refractivity contribution in [3.05, 3.63) is 0 Å². The SMILES string of the molecule is CS(=O)(=O)SCCCN. The van der Waals surface area contributed by atoms with Crippen LogP contribution in [-0.2, 0) is 8.87 Å². The van der Waals surface area contributed by atoms with Crippen LogP contribution in [-0.4, -0.2) is 27.0 Å². The summed E-state index contributed by atoms with van der Waals surface area (Å²) in [6.07, 6.45) is 1.96. The molecule has 0 unspecified atom stereocenters. The van der Waals surface area contributed by atoms with Crippen LogP contribution in [0.4, 0.5) is 0 Å². The van der Waals surface area contributed by atoms with E-state index in [0.29, 0.717) is 12.3 Å². The molecular weight excluding hydrogens is 158 g/mol. The lowest BCUT2D eigenvalue weighted by Gasteiger charge is -1.93. The van der Waals surface area contributed by atoms with Gasteiger partial charge in [-0.2, -0.15) is 0 Å². The van der Waals surface area contributed by atoms with E-state index < -0.39 is 8.87 Å². The van der Waals surface area contributed by atoms with Crippen LogP contribution >= 0.6 is 10.8 Å². The predicted octanol–water partition coefficient (Wildman–Crippen LogP) is 0.0280. The van der Waals surface area contributed by atoms with Gasteiger partial charge in [-0.1, -0.05) is 0 Å². The summed E-state index contributed by atoms with van der Waals surface area (Å²) in [4.78, 5) is 0. The minimum Gasteiger partial charge on any atom is -0.330 e. The van der Waals surface area contributed by atoms with Gasteiger partial charge in [0.1, 0.15) is 0 Å². The molecule has 0 amide bonds. The number of nitrogens with two attached hydrogens (primary N) is 1. The van der Waals surface area contributed by atoms with Crippen LogP contribution in [0.1, 0.15) is 6.42 Å². The van der Waals surface area contributed by atoms with Crippen LogP contribution in [0.15, 0.2) is 0 Å². The highest BCUT2D eigenvalue weighted by atomic mass is 33.1. The zero-order valence-electron chi connectivity index (χ0n) is 5.33. The Kier molecular flexibility index (Phi) is 4.26. The fraction of sp³-hybridized carbons (Fsp3) is 1.00. The van der Waals surface area contributed by atoms with Crippen molar-refractivity contribution in [1.82, 2.24) is 0 Å². The Morgan fingerprint density at radius 1 is 1.56 bits per heavy atom. The van der Waals surface area contributed by atoms with E-state index in [-0.39, 0.29) is 0 Å². The van der Waals surface area contributed by atoms with Gasteiger partial charge in [-0.05, 0) is 23.8 Å². The van der Waals surface area contributed by atoms with Crippen molar-refractivity contribution in [2.45, 2.75) is 6.42 Å². The van der Waals surface area contributed by atoms with Gasteiger partial charge in [-0.25, -0.2) is 8.42 Å². The van der Waals surface area contributed by atoms with Gasteiger partial charge in [0.2, 0.25) is 0 Å². The smallest absolute Gasteiger partial charge is 0.198 e. The summed E-state index contributed by atoms with van der Waals surface area (Å²) < 4.78 is 20.9. The standard InChI is InChI=1S/C4H11NO2S2/c1-9(6,7)8-4-2-3-5/h2-5H2,1H3. The van der Waals surface area contributed by atoms with Gasteiger partial charge in [0.25, 0.3) is 0 Å². The average Bonchev–Trinajstić information content (AvgIpc) is 1.63. The zero-order valence-corrected chi connectivity index (χ0v) is 6.96. The molecule has 0 bridgehead atoms. The molecule has 0 saturated heterocycles. The van der Waals surface area contributed by atoms with E-state index in [2.05, 4.69) is 0 Å². The quantitative estimate of drug-likeness (QED) is 0.476. The van der Waals surface area contributed by atoms with E-state index in [9.17, 15) is 8.42 Å². The average molecular weight is 169 g/mol. The second-order valence-corrected chi connectivity index (χ2v) is 6.24. The monoisotopic (exact) mass is 169 g/mol. The molecule has 0 heterocycles. The van der Waals surface area contributed by atoms with E-state index >= 15 is 0 Å². The lowest BCUT2D eigenvalue weighted by atomic mass is 10.5. The summed E-state index contributed by atoms with van der Waals surface area (Å²) in [6.45, 7) is 0.558. The normalized spacial score (nSPS) is 11.8. The van der Waals surface area contributed by atoms with Crippen LogP contribution in [0.25, 0.3) is 0 Å². The summed E-state index contributed by atoms with van der Waals surface area (Å²) in [5.74, 6) is 0.606. The molecule has 0 radical (unpaired) electrons. The summed E-state index contributed by atoms with van der Waals surface area (Å²) >= 11 is 0. The van der Waals surface area contributed by atoms with Gasteiger partial charge in [-0.15, -0.1) is 0 Å². The molecule has 2 N–H and O–H groups in total. The third kappa shape index (κ3) is 8.26. The van der Waals surface area contributed by atoms with Crippen LogP contribution in [0.2, 0.25) is 0 Å². The minimum atomic E-state index is -2.84. The summed E-state index contributed by atoms with van der Waals surface area (Å²) in [5.41, 5.74) is 5.15. The first kappa shape index (κ1) is 9.26. The third-order valence-corrected chi connectivity index (χ3v) is 3.31. The maximum Gasteiger partial charge on any atom is 0.198 e. The first-order chi connectivity index (χ1) is 4.06. The first-order valence-electron chi connectivity index (χ1n) is 2.61. The molecule has 0 aliphatic rings. The molecule has 3 nitrogen and oxygen atoms in total. The van der Waals surface area contributed by atoms with Crippen molar-refractivity contribution < 1.29 is 8.42 Å². The minimum absolute atomic E-state index is 0.558. The molecule has 0 aromatic heterocycles. The van der Waals surface area contributed by atoms with Crippen molar-refractivity contribution in [3.63, 3.8) is 0 Å². The Labute approximate surface area is 59.3 Å². The molecule has 0 saturated carbocycles. The van der Waals surface area contributed by atoms with Gasteiger partial charge in [0.15, 0.2) is 8.87 Å². The van der Waals surface area contributed by atoms with E-state index in [1.165, 1.54) is 6.26 Å². The molecule has 0 aliphatic heterocycles. The van der Waals surface area contributed by atoms with Crippen LogP contribution in [0.3, 0.4) is 0 Å². The Morgan fingerprint density at radius 2 is 2.11 bits per heavy atom. The lowest BCUT2D eigenvalue weighted by Crippen LogP contribution is -2.01. The van der Waals surface area contributed by atoms with Crippen molar-refractivity contribution in [2.75, 3.05) is 18.6 Å². The van der Waals surface area contributed by atoms with Gasteiger partial charge in [0, 0.05) is 12.0 Å². The largest absolute Gasteiger partial charge is 0.330 e. The molecule has 0 aromatic carbocycles. The summed E-state index contributed by atoms with van der Waals surface area (Å²) in [7, 11) is -1.88. The molecular formula is C4H11NO2S2. The fourth-order valence-corrected chi connectivity index (χ4v) is 2.14. The molecule has 5 heteroatoms. The number of hydrogen-bond donors (Lipinski definition) is 1. The Hall–Kier alpha value is 0.260. The summed E-state index contributed by atoms with van der Waals surface area (Å²) in [5, 5.41) is 0. The first-order valence-corrected chi connectivity index (χ1v) is 6.00. The highest BCUT2D eigenvalue weighted by molar-refractivity contribution is 8.71. The lowest BCUT2D eigenvalue weighted by molar-refractivity contribution is 0.615. The molecule has 0 fully saturated rings. The highest BCUT2D eigenvalue weighted by Gasteiger charge is 1.99. The Morgan fingerprint density at radius 3 is 2.44 bits per heavy atom. The number of rotatable bonds is 4. The number of hydrogen-bond acceptors (Lipinski definition) is 4. The van der Waals surface area contributed by atoms with Gasteiger partial charge in [-0.3, -0.25) is 0 Å². The van der Waals surface area contributed by atoms with Crippen LogP contribution in [0, 0.1) is 0 Å². The maximum atomic E-state index is 10.4. The fourth-order valence-electron chi connectivity index (χ4n) is 0.294. The van der Waals surface area contributed by atoms with E-state index in [4.69, 9.17) is 5.73 Å². The van der Waals surface area contributed by atoms with E-state index in [1.54, 1.807) is 0 Å². The second-order valence-electron chi connectivity index (χ2n) is 1.67. The van der Waals surface area contributed by atoms with Gasteiger partial charge >= 0.3 is 0 Å². The molecule has 0 atom stereocenters. The van der Waals surface area contributed by atoms with Crippen molar-refractivity contribution in [2.24, 2.45) is 5.73 Å². The highest BCUT2D eigenvalue weighted by Crippen LogP contribution is 2.09. The predicted molar refractivity (Wildman–Crippen MR) is 41.0 cm³/mol. The summed E-state index contributed by atoms with van der Waals surface area (Å²) in [6, 6.07) is 0. The molecule has 9 heavy (non-hydrogen) atoms. The third-order valence-electron chi connectivity index (χ3n) is 0.646. The van der Waals surface area contributed by atoms with Crippen molar-refractivity contribution in [1.29, 1.82) is 0 Å². The molecule has 0 aromatic rings. The molecule has 0 rings (SSSR count). The maximum absolute atomic E-state index is 10.4. The molecule has 0 spiro atoms. The van der Waals surface area contributed by atoms with Crippen LogP contribution in [0.5, 0.6) is 0 Å². The second kappa shape index (κ2) is 4.14. The molecule has 56 valence electrons. The van der Waals surface area contributed by atoms with E-state index in [0.717, 1.165) is 17.2 Å². The topological polar surface area (TPSA) is 60.2 Å². The Bertz CT molecular complexity index is 152. The zero-order chi connectivity index (χ0) is 7.33. The molecule has 0 aliphatic carbocycles.